The highest BCUT2D eigenvalue weighted by Crippen LogP contribution is 2.10. The Balaban J connectivity index is 1.44. The van der Waals surface area contributed by atoms with E-state index >= 15 is 0 Å². The Labute approximate surface area is 150 Å². The molecule has 2 aromatic carbocycles. The van der Waals surface area contributed by atoms with Crippen LogP contribution >= 0.6 is 0 Å². The molecule has 2 amide bonds. The van der Waals surface area contributed by atoms with Gasteiger partial charge in [-0.2, -0.15) is 0 Å². The van der Waals surface area contributed by atoms with Gasteiger partial charge >= 0.3 is 12.1 Å². The van der Waals surface area contributed by atoms with Gasteiger partial charge in [-0.3, -0.25) is 4.79 Å². The van der Waals surface area contributed by atoms with Gasteiger partial charge in [-0.25, -0.2) is 9.59 Å². The van der Waals surface area contributed by atoms with Gasteiger partial charge in [0, 0.05) is 0 Å². The Morgan fingerprint density at radius 3 is 2.27 bits per heavy atom. The number of rotatable bonds is 6. The van der Waals surface area contributed by atoms with Crippen LogP contribution in [-0.4, -0.2) is 36.7 Å². The fourth-order valence-corrected chi connectivity index (χ4v) is 2.46. The molecule has 0 bridgehead atoms. The Hall–Kier alpha value is -3.35. The van der Waals surface area contributed by atoms with Crippen molar-refractivity contribution in [3.8, 4) is 0 Å². The third kappa shape index (κ3) is 4.38. The van der Waals surface area contributed by atoms with Gasteiger partial charge in [-0.05, 0) is 17.7 Å². The molecule has 1 aliphatic heterocycles. The molecule has 1 fully saturated rings. The van der Waals surface area contributed by atoms with E-state index in [-0.39, 0.29) is 19.1 Å². The first-order valence-corrected chi connectivity index (χ1v) is 8.13. The summed E-state index contributed by atoms with van der Waals surface area (Å²) in [5.41, 5.74) is 1.26. The molecule has 1 aliphatic rings. The van der Waals surface area contributed by atoms with Crippen LogP contribution in [0.25, 0.3) is 0 Å². The number of hydrogen-bond acceptors (Lipinski definition) is 5. The zero-order valence-corrected chi connectivity index (χ0v) is 13.9. The van der Waals surface area contributed by atoms with Crippen LogP contribution < -0.4 is 10.6 Å². The van der Waals surface area contributed by atoms with Crippen molar-refractivity contribution in [3.63, 3.8) is 0 Å². The van der Waals surface area contributed by atoms with Crippen LogP contribution in [-0.2, 0) is 20.9 Å². The molecule has 0 aliphatic carbocycles. The molecule has 7 nitrogen and oxygen atoms in total. The largest absolute Gasteiger partial charge is 0.460 e. The molecule has 0 aromatic heterocycles. The van der Waals surface area contributed by atoms with E-state index in [0.717, 1.165) is 5.56 Å². The number of amides is 2. The van der Waals surface area contributed by atoms with Crippen molar-refractivity contribution in [1.82, 2.24) is 10.6 Å². The summed E-state index contributed by atoms with van der Waals surface area (Å²) in [4.78, 5) is 35.4. The highest BCUT2D eigenvalue weighted by Gasteiger charge is 2.41. The third-order valence-corrected chi connectivity index (χ3v) is 3.90. The smallest absolute Gasteiger partial charge is 0.408 e. The number of ether oxygens (including phenoxy) is 2. The maximum absolute atomic E-state index is 11.9. The number of nitrogens with one attached hydrogen (secondary N) is 2. The van der Waals surface area contributed by atoms with E-state index in [1.165, 1.54) is 0 Å². The van der Waals surface area contributed by atoms with Crippen LogP contribution in [0.1, 0.15) is 15.9 Å². The quantitative estimate of drug-likeness (QED) is 0.608. The Morgan fingerprint density at radius 2 is 1.62 bits per heavy atom. The Bertz CT molecular complexity index is 779. The zero-order chi connectivity index (χ0) is 18.4. The molecule has 0 saturated carbocycles. The predicted molar refractivity (Wildman–Crippen MR) is 92.2 cm³/mol. The van der Waals surface area contributed by atoms with Crippen molar-refractivity contribution in [3.05, 3.63) is 71.8 Å². The average Bonchev–Trinajstić information content (AvgIpc) is 2.69. The van der Waals surface area contributed by atoms with Crippen molar-refractivity contribution < 1.29 is 23.9 Å². The first-order chi connectivity index (χ1) is 12.6. The van der Waals surface area contributed by atoms with E-state index in [0.29, 0.717) is 5.56 Å². The fraction of sp³-hybridized carbons (Fsp3) is 0.211. The third-order valence-electron chi connectivity index (χ3n) is 3.90. The second-order valence-electron chi connectivity index (χ2n) is 5.76. The minimum absolute atomic E-state index is 0.0386. The molecule has 134 valence electrons. The topological polar surface area (TPSA) is 93.7 Å². The first-order valence-electron chi connectivity index (χ1n) is 8.13. The molecule has 1 heterocycles. The van der Waals surface area contributed by atoms with Gasteiger partial charge in [0.2, 0.25) is 5.91 Å². The zero-order valence-electron chi connectivity index (χ0n) is 13.9. The Morgan fingerprint density at radius 1 is 0.962 bits per heavy atom. The second kappa shape index (κ2) is 8.15. The van der Waals surface area contributed by atoms with Crippen LogP contribution in [0.2, 0.25) is 0 Å². The van der Waals surface area contributed by atoms with Gasteiger partial charge in [0.05, 0.1) is 11.6 Å². The molecule has 26 heavy (non-hydrogen) atoms. The lowest BCUT2D eigenvalue weighted by atomic mass is 10.0. The van der Waals surface area contributed by atoms with Gasteiger partial charge < -0.3 is 20.1 Å². The van der Waals surface area contributed by atoms with Crippen molar-refractivity contribution >= 4 is 18.0 Å². The van der Waals surface area contributed by atoms with E-state index in [1.54, 1.807) is 30.3 Å². The Kier molecular flexibility index (Phi) is 5.48. The van der Waals surface area contributed by atoms with Crippen LogP contribution in [0, 0.1) is 0 Å². The van der Waals surface area contributed by atoms with Crippen molar-refractivity contribution in [2.24, 2.45) is 0 Å². The lowest BCUT2D eigenvalue weighted by Crippen LogP contribution is -2.70. The predicted octanol–water partition coefficient (Wildman–Crippen LogP) is 1.64. The SMILES string of the molecule is O=C(N[C@H]1C(=O)N[C@H]1COC(=O)c1ccccc1)OCc1ccccc1. The van der Waals surface area contributed by atoms with Crippen molar-refractivity contribution in [2.75, 3.05) is 6.61 Å². The summed E-state index contributed by atoms with van der Waals surface area (Å²) in [6.07, 6.45) is -0.701. The van der Waals surface area contributed by atoms with E-state index in [2.05, 4.69) is 10.6 Å². The lowest BCUT2D eigenvalue weighted by Gasteiger charge is -2.36. The number of carbonyl (C=O) groups excluding carboxylic acids is 3. The highest BCUT2D eigenvalue weighted by molar-refractivity contribution is 5.93. The summed E-state index contributed by atoms with van der Waals surface area (Å²) in [5.74, 6) is -0.834. The van der Waals surface area contributed by atoms with Crippen molar-refractivity contribution in [2.45, 2.75) is 18.7 Å². The maximum atomic E-state index is 11.9. The molecule has 0 radical (unpaired) electrons. The maximum Gasteiger partial charge on any atom is 0.408 e. The molecule has 1 saturated heterocycles. The number of alkyl carbamates (subject to hydrolysis) is 1. The molecule has 7 heteroatoms. The van der Waals surface area contributed by atoms with Gasteiger partial charge in [-0.15, -0.1) is 0 Å². The highest BCUT2D eigenvalue weighted by atomic mass is 16.5. The van der Waals surface area contributed by atoms with Crippen LogP contribution in [0.3, 0.4) is 0 Å². The van der Waals surface area contributed by atoms with Gasteiger partial charge in [-0.1, -0.05) is 48.5 Å². The van der Waals surface area contributed by atoms with Crippen LogP contribution in [0.5, 0.6) is 0 Å². The summed E-state index contributed by atoms with van der Waals surface area (Å²) in [5, 5.41) is 5.08. The minimum atomic E-state index is -0.790. The standard InChI is InChI=1S/C19H18N2O5/c22-17-16(21-19(24)26-11-13-7-3-1-4-8-13)15(20-17)12-25-18(23)14-9-5-2-6-10-14/h1-10,15-16H,11-12H2,(H,20,22)(H,21,24)/t15-,16+/m0/s1. The molecular formula is C19H18N2O5. The van der Waals surface area contributed by atoms with Gasteiger partial charge in [0.25, 0.3) is 0 Å². The van der Waals surface area contributed by atoms with Gasteiger partial charge in [0.15, 0.2) is 0 Å². The summed E-state index contributed by atoms with van der Waals surface area (Å²) in [6, 6.07) is 16.5. The molecular weight excluding hydrogens is 336 g/mol. The fourth-order valence-electron chi connectivity index (χ4n) is 2.46. The minimum Gasteiger partial charge on any atom is -0.460 e. The lowest BCUT2D eigenvalue weighted by molar-refractivity contribution is -0.132. The number of β-lactam (4-membered cyclic amide) rings is 1. The average molecular weight is 354 g/mol. The number of benzene rings is 2. The molecule has 2 atom stereocenters. The van der Waals surface area contributed by atoms with E-state index in [4.69, 9.17) is 9.47 Å². The summed E-state index contributed by atoms with van der Waals surface area (Å²) in [6.45, 7) is 0.0672. The molecule has 3 rings (SSSR count). The summed E-state index contributed by atoms with van der Waals surface area (Å²) >= 11 is 0. The summed E-state index contributed by atoms with van der Waals surface area (Å²) in [7, 11) is 0. The molecule has 2 N–H and O–H groups in total. The number of hydrogen-bond donors (Lipinski definition) is 2. The monoisotopic (exact) mass is 354 g/mol. The molecule has 0 spiro atoms. The van der Waals surface area contributed by atoms with E-state index < -0.39 is 24.1 Å². The van der Waals surface area contributed by atoms with E-state index in [9.17, 15) is 14.4 Å². The van der Waals surface area contributed by atoms with Crippen molar-refractivity contribution in [1.29, 1.82) is 0 Å². The molecule has 2 aromatic rings. The van der Waals surface area contributed by atoms with Crippen LogP contribution in [0.15, 0.2) is 60.7 Å². The molecule has 0 unspecified atom stereocenters. The number of carbonyl (C=O) groups is 3. The van der Waals surface area contributed by atoms with E-state index in [1.807, 2.05) is 30.3 Å². The second-order valence-corrected chi connectivity index (χ2v) is 5.76. The normalized spacial score (nSPS) is 18.2. The van der Waals surface area contributed by atoms with Gasteiger partial charge in [0.1, 0.15) is 19.3 Å². The van der Waals surface area contributed by atoms with Crippen LogP contribution in [0.4, 0.5) is 4.79 Å². The number of esters is 1. The first kappa shape index (κ1) is 17.5. The summed E-state index contributed by atoms with van der Waals surface area (Å²) < 4.78 is 10.3.